The summed E-state index contributed by atoms with van der Waals surface area (Å²) in [6, 6.07) is 9.87. The van der Waals surface area contributed by atoms with E-state index in [2.05, 4.69) is 22.0 Å². The normalized spacial score (nSPS) is 20.7. The molecule has 3 heterocycles. The number of likely N-dealkylation sites (tertiary alicyclic amines) is 1. The SMILES string of the molecule is CC1CCCCN1C(=O)CN1CCN(C(=O)c2cnn(-c3ccccc3)n2)CC1. The van der Waals surface area contributed by atoms with Gasteiger partial charge in [0.2, 0.25) is 5.91 Å². The van der Waals surface area contributed by atoms with Crippen molar-refractivity contribution in [3.63, 3.8) is 0 Å². The predicted octanol–water partition coefficient (Wildman–Crippen LogP) is 1.43. The average molecular weight is 396 g/mol. The maximum Gasteiger partial charge on any atom is 0.276 e. The third-order valence-electron chi connectivity index (χ3n) is 5.84. The Hall–Kier alpha value is -2.74. The first-order valence-corrected chi connectivity index (χ1v) is 10.4. The predicted molar refractivity (Wildman–Crippen MR) is 109 cm³/mol. The van der Waals surface area contributed by atoms with E-state index in [4.69, 9.17) is 0 Å². The van der Waals surface area contributed by atoms with Crippen LogP contribution in [0.2, 0.25) is 0 Å². The second-order valence-corrected chi connectivity index (χ2v) is 7.86. The van der Waals surface area contributed by atoms with Gasteiger partial charge in [-0.15, -0.1) is 5.10 Å². The van der Waals surface area contributed by atoms with E-state index in [0.717, 1.165) is 25.1 Å². The summed E-state index contributed by atoms with van der Waals surface area (Å²) in [6.07, 6.45) is 4.92. The molecular weight excluding hydrogens is 368 g/mol. The first kappa shape index (κ1) is 19.6. The fraction of sp³-hybridized carbons (Fsp3) is 0.524. The van der Waals surface area contributed by atoms with Gasteiger partial charge in [0, 0.05) is 38.8 Å². The van der Waals surface area contributed by atoms with Crippen molar-refractivity contribution in [2.24, 2.45) is 0 Å². The number of nitrogens with zero attached hydrogens (tertiary/aromatic N) is 6. The van der Waals surface area contributed by atoms with Crippen LogP contribution in [-0.2, 0) is 4.79 Å². The molecule has 0 radical (unpaired) electrons. The molecule has 8 heteroatoms. The minimum absolute atomic E-state index is 0.109. The van der Waals surface area contributed by atoms with Crippen LogP contribution in [0.5, 0.6) is 0 Å². The second-order valence-electron chi connectivity index (χ2n) is 7.86. The summed E-state index contributed by atoms with van der Waals surface area (Å²) < 4.78 is 0. The molecule has 2 amide bonds. The topological polar surface area (TPSA) is 74.6 Å². The molecule has 0 aliphatic carbocycles. The molecule has 2 saturated heterocycles. The largest absolute Gasteiger partial charge is 0.339 e. The first-order valence-electron chi connectivity index (χ1n) is 10.4. The number of carbonyl (C=O) groups is 2. The van der Waals surface area contributed by atoms with E-state index in [1.807, 2.05) is 35.2 Å². The molecule has 1 unspecified atom stereocenters. The van der Waals surface area contributed by atoms with Gasteiger partial charge in [-0.25, -0.2) is 0 Å². The minimum Gasteiger partial charge on any atom is -0.339 e. The summed E-state index contributed by atoms with van der Waals surface area (Å²) in [5.74, 6) is 0.102. The van der Waals surface area contributed by atoms with Crippen molar-refractivity contribution in [1.29, 1.82) is 0 Å². The van der Waals surface area contributed by atoms with Gasteiger partial charge in [0.15, 0.2) is 5.69 Å². The van der Waals surface area contributed by atoms with Gasteiger partial charge >= 0.3 is 0 Å². The van der Waals surface area contributed by atoms with E-state index in [-0.39, 0.29) is 11.8 Å². The van der Waals surface area contributed by atoms with Crippen molar-refractivity contribution in [3.05, 3.63) is 42.2 Å². The molecule has 0 saturated carbocycles. The summed E-state index contributed by atoms with van der Waals surface area (Å²) in [5, 5.41) is 8.55. The van der Waals surface area contributed by atoms with Gasteiger partial charge in [-0.1, -0.05) is 18.2 Å². The highest BCUT2D eigenvalue weighted by atomic mass is 16.2. The maximum atomic E-state index is 12.8. The highest BCUT2D eigenvalue weighted by Gasteiger charge is 2.28. The maximum absolute atomic E-state index is 12.8. The fourth-order valence-corrected chi connectivity index (χ4v) is 4.07. The number of hydrogen-bond acceptors (Lipinski definition) is 5. The Morgan fingerprint density at radius 1 is 1.03 bits per heavy atom. The third-order valence-corrected chi connectivity index (χ3v) is 5.84. The van der Waals surface area contributed by atoms with Gasteiger partial charge in [0.25, 0.3) is 5.91 Å². The molecule has 154 valence electrons. The minimum atomic E-state index is -0.109. The van der Waals surface area contributed by atoms with E-state index in [0.29, 0.717) is 44.5 Å². The standard InChI is InChI=1S/C21H28N6O2/c1-17-7-5-6-10-26(17)20(28)16-24-11-13-25(14-12-24)21(29)19-15-22-27(23-19)18-8-3-2-4-9-18/h2-4,8-9,15,17H,5-7,10-14,16H2,1H3. The lowest BCUT2D eigenvalue weighted by Crippen LogP contribution is -2.53. The molecule has 2 aliphatic rings. The number of aromatic nitrogens is 3. The molecule has 8 nitrogen and oxygen atoms in total. The quantitative estimate of drug-likeness (QED) is 0.782. The molecule has 0 spiro atoms. The first-order chi connectivity index (χ1) is 14.1. The lowest BCUT2D eigenvalue weighted by molar-refractivity contribution is -0.136. The molecule has 0 bridgehead atoms. The van der Waals surface area contributed by atoms with Crippen LogP contribution in [0.3, 0.4) is 0 Å². The van der Waals surface area contributed by atoms with Crippen molar-refractivity contribution in [3.8, 4) is 5.69 Å². The van der Waals surface area contributed by atoms with E-state index in [9.17, 15) is 9.59 Å². The average Bonchev–Trinajstić information content (AvgIpc) is 3.25. The van der Waals surface area contributed by atoms with E-state index >= 15 is 0 Å². The van der Waals surface area contributed by atoms with Crippen LogP contribution < -0.4 is 0 Å². The molecule has 2 fully saturated rings. The van der Waals surface area contributed by atoms with Crippen molar-refractivity contribution in [2.75, 3.05) is 39.3 Å². The van der Waals surface area contributed by atoms with Gasteiger partial charge in [0.1, 0.15) is 0 Å². The van der Waals surface area contributed by atoms with Crippen LogP contribution in [0.15, 0.2) is 36.5 Å². The Morgan fingerprint density at radius 2 is 1.79 bits per heavy atom. The molecule has 0 N–H and O–H groups in total. The molecule has 1 atom stereocenters. The number of piperidine rings is 1. The number of carbonyl (C=O) groups excluding carboxylic acids is 2. The summed E-state index contributed by atoms with van der Waals surface area (Å²) >= 11 is 0. The van der Waals surface area contributed by atoms with E-state index in [1.54, 1.807) is 4.90 Å². The van der Waals surface area contributed by atoms with Gasteiger partial charge in [0.05, 0.1) is 18.4 Å². The molecule has 4 rings (SSSR count). The van der Waals surface area contributed by atoms with Crippen LogP contribution >= 0.6 is 0 Å². The van der Waals surface area contributed by atoms with Crippen LogP contribution in [-0.4, -0.2) is 86.8 Å². The third kappa shape index (κ3) is 4.48. The highest BCUT2D eigenvalue weighted by molar-refractivity contribution is 5.92. The fourth-order valence-electron chi connectivity index (χ4n) is 4.07. The van der Waals surface area contributed by atoms with Gasteiger partial charge < -0.3 is 9.80 Å². The Bertz CT molecular complexity index is 844. The van der Waals surface area contributed by atoms with Crippen molar-refractivity contribution < 1.29 is 9.59 Å². The zero-order valence-electron chi connectivity index (χ0n) is 16.9. The van der Waals surface area contributed by atoms with Gasteiger partial charge in [-0.2, -0.15) is 9.90 Å². The zero-order chi connectivity index (χ0) is 20.2. The van der Waals surface area contributed by atoms with E-state index < -0.39 is 0 Å². The number of benzene rings is 1. The molecule has 29 heavy (non-hydrogen) atoms. The number of para-hydroxylation sites is 1. The van der Waals surface area contributed by atoms with Crippen LogP contribution in [0.25, 0.3) is 5.69 Å². The Labute approximate surface area is 171 Å². The van der Waals surface area contributed by atoms with Crippen molar-refractivity contribution >= 4 is 11.8 Å². The van der Waals surface area contributed by atoms with Crippen LogP contribution in [0.1, 0.15) is 36.7 Å². The monoisotopic (exact) mass is 396 g/mol. The number of rotatable bonds is 4. The van der Waals surface area contributed by atoms with E-state index in [1.165, 1.54) is 17.4 Å². The Morgan fingerprint density at radius 3 is 2.52 bits per heavy atom. The van der Waals surface area contributed by atoms with Crippen molar-refractivity contribution in [1.82, 2.24) is 29.7 Å². The highest BCUT2D eigenvalue weighted by Crippen LogP contribution is 2.17. The van der Waals surface area contributed by atoms with Crippen molar-refractivity contribution in [2.45, 2.75) is 32.2 Å². The smallest absolute Gasteiger partial charge is 0.276 e. The van der Waals surface area contributed by atoms with Gasteiger partial charge in [-0.3, -0.25) is 14.5 Å². The lowest BCUT2D eigenvalue weighted by atomic mass is 10.0. The number of hydrogen-bond donors (Lipinski definition) is 0. The van der Waals surface area contributed by atoms with Gasteiger partial charge in [-0.05, 0) is 38.3 Å². The molecule has 2 aromatic rings. The molecule has 1 aromatic carbocycles. The zero-order valence-corrected chi connectivity index (χ0v) is 16.9. The Kier molecular flexibility index (Phi) is 5.89. The summed E-state index contributed by atoms with van der Waals surface area (Å²) in [4.78, 5) is 32.8. The summed E-state index contributed by atoms with van der Waals surface area (Å²) in [6.45, 7) is 6.04. The molecule has 2 aliphatic heterocycles. The van der Waals surface area contributed by atoms with Crippen LogP contribution in [0.4, 0.5) is 0 Å². The lowest BCUT2D eigenvalue weighted by Gasteiger charge is -2.37. The summed E-state index contributed by atoms with van der Waals surface area (Å²) in [5.41, 5.74) is 1.17. The van der Waals surface area contributed by atoms with Crippen LogP contribution in [0, 0.1) is 0 Å². The number of piperazine rings is 1. The molecule has 1 aromatic heterocycles. The summed E-state index contributed by atoms with van der Waals surface area (Å²) in [7, 11) is 0. The second kappa shape index (κ2) is 8.73. The Balaban J connectivity index is 1.30. The molecular formula is C21H28N6O2. The number of amides is 2.